The number of carbonyl (C=O) groups is 2. The van der Waals surface area contributed by atoms with Crippen molar-refractivity contribution in [2.45, 2.75) is 12.1 Å². The van der Waals surface area contributed by atoms with E-state index >= 15 is 0 Å². The van der Waals surface area contributed by atoms with Crippen LogP contribution in [0.4, 0.5) is 11.4 Å². The number of nitrogens with zero attached hydrogens (tertiary/aromatic N) is 2. The highest BCUT2D eigenvalue weighted by Crippen LogP contribution is 2.51. The molecule has 8 heteroatoms. The summed E-state index contributed by atoms with van der Waals surface area (Å²) >= 11 is 0. The Morgan fingerprint density at radius 2 is 1.37 bits per heavy atom. The highest BCUT2D eigenvalue weighted by molar-refractivity contribution is 6.26. The van der Waals surface area contributed by atoms with Gasteiger partial charge in [-0.3, -0.25) is 14.4 Å². The number of ether oxygens (including phenoxy) is 3. The van der Waals surface area contributed by atoms with Crippen molar-refractivity contribution >= 4 is 34.0 Å². The molecule has 0 spiro atoms. The molecule has 192 valence electrons. The average molecular weight is 511 g/mol. The first kappa shape index (κ1) is 23.8. The van der Waals surface area contributed by atoms with Crippen molar-refractivity contribution in [2.75, 3.05) is 31.3 Å². The van der Waals surface area contributed by atoms with Crippen LogP contribution in [0.1, 0.15) is 11.6 Å². The quantitative estimate of drug-likeness (QED) is 0.341. The lowest BCUT2D eigenvalue weighted by molar-refractivity contribution is -0.126. The van der Waals surface area contributed by atoms with Crippen LogP contribution >= 0.6 is 0 Å². The summed E-state index contributed by atoms with van der Waals surface area (Å²) < 4.78 is 16.8. The fourth-order valence-electron chi connectivity index (χ4n) is 5.45. The lowest BCUT2D eigenvalue weighted by Gasteiger charge is -2.30. The Bertz CT molecular complexity index is 1530. The van der Waals surface area contributed by atoms with Gasteiger partial charge in [0.1, 0.15) is 17.7 Å². The number of rotatable bonds is 6. The minimum Gasteiger partial charge on any atom is -0.496 e. The van der Waals surface area contributed by atoms with Crippen molar-refractivity contribution in [1.82, 2.24) is 0 Å². The lowest BCUT2D eigenvalue weighted by atomic mass is 9.89. The third-order valence-electron chi connectivity index (χ3n) is 7.19. The molecule has 6 rings (SSSR count). The predicted octanol–water partition coefficient (Wildman–Crippen LogP) is 4.92. The van der Waals surface area contributed by atoms with Gasteiger partial charge < -0.3 is 14.2 Å². The van der Waals surface area contributed by atoms with E-state index < -0.39 is 24.0 Å². The second-order valence-corrected chi connectivity index (χ2v) is 9.12. The van der Waals surface area contributed by atoms with Crippen LogP contribution in [0, 0.1) is 5.92 Å². The van der Waals surface area contributed by atoms with Crippen molar-refractivity contribution < 1.29 is 28.6 Å². The van der Waals surface area contributed by atoms with E-state index in [2.05, 4.69) is 0 Å². The summed E-state index contributed by atoms with van der Waals surface area (Å²) in [6, 6.07) is 25.5. The number of benzene rings is 4. The largest absolute Gasteiger partial charge is 0.496 e. The molecule has 2 aliphatic rings. The molecule has 0 aromatic heterocycles. The predicted molar refractivity (Wildman–Crippen MR) is 143 cm³/mol. The van der Waals surface area contributed by atoms with Gasteiger partial charge in [-0.05, 0) is 29.7 Å². The Hall–Kier alpha value is -4.56. The van der Waals surface area contributed by atoms with Gasteiger partial charge in [0.25, 0.3) is 5.91 Å². The highest BCUT2D eigenvalue weighted by Gasteiger charge is 2.61. The van der Waals surface area contributed by atoms with Crippen molar-refractivity contribution in [2.24, 2.45) is 5.92 Å². The van der Waals surface area contributed by atoms with E-state index in [0.717, 1.165) is 10.8 Å². The third kappa shape index (κ3) is 3.56. The molecule has 0 saturated carbocycles. The van der Waals surface area contributed by atoms with E-state index in [1.165, 1.54) is 4.90 Å². The van der Waals surface area contributed by atoms with Gasteiger partial charge in [0, 0.05) is 17.0 Å². The summed E-state index contributed by atoms with van der Waals surface area (Å²) in [7, 11) is 4.64. The molecule has 0 N–H and O–H groups in total. The first-order valence-corrected chi connectivity index (χ1v) is 12.2. The molecule has 2 fully saturated rings. The molecular formula is C30H26N2O6. The van der Waals surface area contributed by atoms with Crippen LogP contribution in [0.15, 0.2) is 84.9 Å². The van der Waals surface area contributed by atoms with E-state index in [1.54, 1.807) is 44.6 Å². The zero-order valence-corrected chi connectivity index (χ0v) is 21.2. The molecule has 8 nitrogen and oxygen atoms in total. The molecule has 2 amide bonds. The maximum absolute atomic E-state index is 14.2. The van der Waals surface area contributed by atoms with Gasteiger partial charge in [-0.2, -0.15) is 0 Å². The molecule has 4 aromatic rings. The lowest BCUT2D eigenvalue weighted by Crippen LogP contribution is -2.37. The van der Waals surface area contributed by atoms with Crippen molar-refractivity contribution in [3.8, 4) is 17.2 Å². The number of methoxy groups -OCH3 is 3. The zero-order valence-electron chi connectivity index (χ0n) is 21.2. The number of carbonyl (C=O) groups excluding carboxylic acids is 2. The van der Waals surface area contributed by atoms with Crippen LogP contribution in [0.3, 0.4) is 0 Å². The fraction of sp³-hybridized carbons (Fsp3) is 0.200. The topological polar surface area (TPSA) is 77.5 Å². The number of amides is 2. The maximum atomic E-state index is 14.2. The van der Waals surface area contributed by atoms with E-state index in [0.29, 0.717) is 34.2 Å². The monoisotopic (exact) mass is 510 g/mol. The van der Waals surface area contributed by atoms with Crippen LogP contribution < -0.4 is 24.2 Å². The summed E-state index contributed by atoms with van der Waals surface area (Å²) in [5, 5.41) is 3.39. The molecule has 2 heterocycles. The maximum Gasteiger partial charge on any atom is 0.266 e. The minimum atomic E-state index is -1.01. The van der Waals surface area contributed by atoms with Gasteiger partial charge >= 0.3 is 0 Å². The van der Waals surface area contributed by atoms with Gasteiger partial charge in [0.15, 0.2) is 17.6 Å². The van der Waals surface area contributed by atoms with Gasteiger partial charge in [-0.1, -0.05) is 54.6 Å². The smallest absolute Gasteiger partial charge is 0.266 e. The van der Waals surface area contributed by atoms with Crippen LogP contribution in [0.5, 0.6) is 17.2 Å². The molecule has 0 unspecified atom stereocenters. The summed E-state index contributed by atoms with van der Waals surface area (Å²) in [4.78, 5) is 35.6. The Balaban J connectivity index is 1.51. The molecule has 3 atom stereocenters. The molecular weight excluding hydrogens is 484 g/mol. The molecule has 0 aliphatic carbocycles. The number of hydrogen-bond acceptors (Lipinski definition) is 7. The SMILES string of the molecule is COc1cc(OC)c([C@H]2[C@@H]3C(=O)N(c4cccc5ccccc45)C(=O)[C@H]3ON2c2ccccc2)cc1OC. The van der Waals surface area contributed by atoms with Crippen LogP contribution in [0.2, 0.25) is 0 Å². The molecule has 2 aliphatic heterocycles. The molecule has 2 saturated heterocycles. The number of fused-ring (bicyclic) bond motifs is 2. The minimum absolute atomic E-state index is 0.336. The third-order valence-corrected chi connectivity index (χ3v) is 7.19. The summed E-state index contributed by atoms with van der Waals surface area (Å²) in [6.07, 6.45) is -1.01. The van der Waals surface area contributed by atoms with Crippen molar-refractivity contribution in [1.29, 1.82) is 0 Å². The Labute approximate surface area is 219 Å². The first-order valence-electron chi connectivity index (χ1n) is 12.2. The van der Waals surface area contributed by atoms with E-state index in [9.17, 15) is 9.59 Å². The average Bonchev–Trinajstić information content (AvgIpc) is 3.47. The standard InChI is InChI=1S/C30H26N2O6/c1-35-23-17-25(37-3)24(36-2)16-21(23)27-26-28(38-32(27)19-12-5-4-6-13-19)30(34)31(29(26)33)22-15-9-11-18-10-7-8-14-20(18)22/h4-17,26-28H,1-3H3/t26-,27-,28-/m0/s1. The number of para-hydroxylation sites is 1. The number of anilines is 2. The zero-order chi connectivity index (χ0) is 26.4. The van der Waals surface area contributed by atoms with Crippen LogP contribution in [-0.4, -0.2) is 39.2 Å². The summed E-state index contributed by atoms with van der Waals surface area (Å²) in [6.45, 7) is 0. The second kappa shape index (κ2) is 9.39. The van der Waals surface area contributed by atoms with E-state index in [-0.39, 0.29) is 5.91 Å². The van der Waals surface area contributed by atoms with Crippen molar-refractivity contribution in [3.63, 3.8) is 0 Å². The number of hydrogen-bond donors (Lipinski definition) is 0. The van der Waals surface area contributed by atoms with Gasteiger partial charge in [-0.25, -0.2) is 9.96 Å². The first-order chi connectivity index (χ1) is 18.6. The molecule has 0 radical (unpaired) electrons. The molecule has 38 heavy (non-hydrogen) atoms. The Morgan fingerprint density at radius 3 is 2.11 bits per heavy atom. The second-order valence-electron chi connectivity index (χ2n) is 9.12. The number of hydroxylamine groups is 1. The van der Waals surface area contributed by atoms with E-state index in [1.807, 2.05) is 66.7 Å². The Morgan fingerprint density at radius 1 is 0.711 bits per heavy atom. The van der Waals surface area contributed by atoms with Gasteiger partial charge in [-0.15, -0.1) is 0 Å². The molecule has 0 bridgehead atoms. The highest BCUT2D eigenvalue weighted by atomic mass is 16.7. The van der Waals surface area contributed by atoms with Crippen molar-refractivity contribution in [3.05, 3.63) is 90.5 Å². The summed E-state index contributed by atoms with van der Waals surface area (Å²) in [5.41, 5.74) is 1.89. The van der Waals surface area contributed by atoms with Gasteiger partial charge in [0.2, 0.25) is 5.91 Å². The summed E-state index contributed by atoms with van der Waals surface area (Å²) in [5.74, 6) is -0.116. The number of imide groups is 1. The van der Waals surface area contributed by atoms with E-state index in [4.69, 9.17) is 19.0 Å². The van der Waals surface area contributed by atoms with Gasteiger partial charge in [0.05, 0.1) is 32.7 Å². The van der Waals surface area contributed by atoms with Crippen LogP contribution in [0.25, 0.3) is 10.8 Å². The van der Waals surface area contributed by atoms with Crippen LogP contribution in [-0.2, 0) is 14.4 Å². The Kier molecular flexibility index (Phi) is 5.88. The normalized spacial score (nSPS) is 20.7. The fourth-order valence-corrected chi connectivity index (χ4v) is 5.45. The molecule has 4 aromatic carbocycles.